The van der Waals surface area contributed by atoms with Gasteiger partial charge in [0.05, 0.1) is 20.1 Å². The molecule has 0 saturated heterocycles. The molecule has 0 heterocycles. The lowest BCUT2D eigenvalue weighted by Gasteiger charge is -2.15. The molecular formula is C23H40O4. The van der Waals surface area contributed by atoms with Crippen LogP contribution in [0, 0.1) is 5.92 Å². The second-order valence-corrected chi connectivity index (χ2v) is 7.11. The second kappa shape index (κ2) is 17.8. The van der Waals surface area contributed by atoms with E-state index in [2.05, 4.69) is 30.4 Å². The summed E-state index contributed by atoms with van der Waals surface area (Å²) in [5.74, 6) is -1.55. The molecule has 0 aliphatic rings. The van der Waals surface area contributed by atoms with Gasteiger partial charge >= 0.3 is 11.9 Å². The molecule has 0 N–H and O–H groups in total. The van der Waals surface area contributed by atoms with Crippen LogP contribution >= 0.6 is 0 Å². The Kier molecular flexibility index (Phi) is 16.8. The van der Waals surface area contributed by atoms with E-state index in [-0.39, 0.29) is 5.57 Å². The van der Waals surface area contributed by atoms with Crippen LogP contribution < -0.4 is 0 Å². The molecule has 0 amide bonds. The molecule has 0 bridgehead atoms. The quantitative estimate of drug-likeness (QED) is 0.131. The first-order chi connectivity index (χ1) is 13.1. The normalized spacial score (nSPS) is 12.1. The van der Waals surface area contributed by atoms with Gasteiger partial charge < -0.3 is 9.47 Å². The Hall–Kier alpha value is -1.58. The summed E-state index contributed by atoms with van der Waals surface area (Å²) < 4.78 is 9.44. The molecule has 0 saturated carbocycles. The number of carbonyl (C=O) groups is 2. The first-order valence-electron chi connectivity index (χ1n) is 10.6. The monoisotopic (exact) mass is 380 g/mol. The van der Waals surface area contributed by atoms with Crippen molar-refractivity contribution in [2.45, 2.75) is 90.4 Å². The minimum absolute atomic E-state index is 0.182. The zero-order valence-corrected chi connectivity index (χ0v) is 17.8. The van der Waals surface area contributed by atoms with Gasteiger partial charge in [-0.05, 0) is 32.1 Å². The minimum Gasteiger partial charge on any atom is -0.469 e. The van der Waals surface area contributed by atoms with Crippen molar-refractivity contribution in [3.8, 4) is 0 Å². The predicted octanol–water partition coefficient (Wildman–Crippen LogP) is 6.15. The number of allylic oxidation sites excluding steroid dienone is 2. The summed E-state index contributed by atoms with van der Waals surface area (Å²) in [5.41, 5.74) is 0.182. The lowest BCUT2D eigenvalue weighted by atomic mass is 9.93. The highest BCUT2D eigenvalue weighted by Gasteiger charge is 2.27. The number of hydrogen-bond acceptors (Lipinski definition) is 4. The van der Waals surface area contributed by atoms with E-state index in [1.54, 1.807) is 0 Å². The predicted molar refractivity (Wildman–Crippen MR) is 111 cm³/mol. The van der Waals surface area contributed by atoms with Gasteiger partial charge in [-0.3, -0.25) is 4.79 Å². The van der Waals surface area contributed by atoms with Crippen LogP contribution in [0.4, 0.5) is 0 Å². The molecular weight excluding hydrogens is 340 g/mol. The fourth-order valence-corrected chi connectivity index (χ4v) is 3.09. The number of unbranched alkanes of at least 4 members (excludes halogenated alkanes) is 10. The highest BCUT2D eigenvalue weighted by atomic mass is 16.5. The zero-order chi connectivity index (χ0) is 20.3. The maximum absolute atomic E-state index is 11.8. The van der Waals surface area contributed by atoms with Crippen LogP contribution in [0.2, 0.25) is 0 Å². The SMILES string of the molecule is C=C(C(=O)OC)C(CCCCCC/C=C/CCCCCCCC)C(=O)OC. The van der Waals surface area contributed by atoms with E-state index in [0.29, 0.717) is 6.42 Å². The third-order valence-electron chi connectivity index (χ3n) is 4.86. The first-order valence-corrected chi connectivity index (χ1v) is 10.6. The molecule has 1 unspecified atom stereocenters. The lowest BCUT2D eigenvalue weighted by Crippen LogP contribution is -2.23. The van der Waals surface area contributed by atoms with Crippen molar-refractivity contribution in [3.63, 3.8) is 0 Å². The van der Waals surface area contributed by atoms with Gasteiger partial charge in [0.2, 0.25) is 0 Å². The summed E-state index contributed by atoms with van der Waals surface area (Å²) >= 11 is 0. The third kappa shape index (κ3) is 13.3. The molecule has 27 heavy (non-hydrogen) atoms. The van der Waals surface area contributed by atoms with Crippen molar-refractivity contribution in [3.05, 3.63) is 24.3 Å². The van der Waals surface area contributed by atoms with Crippen molar-refractivity contribution in [2.24, 2.45) is 5.92 Å². The molecule has 4 nitrogen and oxygen atoms in total. The molecule has 0 aromatic heterocycles. The van der Waals surface area contributed by atoms with Gasteiger partial charge in [0.15, 0.2) is 0 Å². The number of hydrogen-bond donors (Lipinski definition) is 0. The Bertz CT molecular complexity index is 440. The number of methoxy groups -OCH3 is 2. The van der Waals surface area contributed by atoms with Crippen LogP contribution in [0.5, 0.6) is 0 Å². The Morgan fingerprint density at radius 1 is 0.815 bits per heavy atom. The van der Waals surface area contributed by atoms with Crippen LogP contribution in [0.25, 0.3) is 0 Å². The minimum atomic E-state index is -0.598. The highest BCUT2D eigenvalue weighted by Crippen LogP contribution is 2.21. The largest absolute Gasteiger partial charge is 0.469 e. The first kappa shape index (κ1) is 25.4. The molecule has 0 aromatic carbocycles. The maximum atomic E-state index is 11.8. The maximum Gasteiger partial charge on any atom is 0.334 e. The molecule has 0 fully saturated rings. The highest BCUT2D eigenvalue weighted by molar-refractivity contribution is 5.94. The Morgan fingerprint density at radius 3 is 1.85 bits per heavy atom. The zero-order valence-electron chi connectivity index (χ0n) is 17.8. The van der Waals surface area contributed by atoms with Crippen molar-refractivity contribution in [2.75, 3.05) is 14.2 Å². The molecule has 0 spiro atoms. The molecule has 0 rings (SSSR count). The van der Waals surface area contributed by atoms with E-state index in [4.69, 9.17) is 4.74 Å². The summed E-state index contributed by atoms with van der Waals surface area (Å²) in [6.07, 6.45) is 19.8. The van der Waals surface area contributed by atoms with Gasteiger partial charge in [-0.15, -0.1) is 0 Å². The standard InChI is InChI=1S/C23H40O4/c1-5-6-7-8-9-10-11-12-13-14-15-16-17-18-19-21(23(25)27-4)20(2)22(24)26-3/h12-13,21H,2,5-11,14-19H2,1,3-4H3/b13-12+. The van der Waals surface area contributed by atoms with Gasteiger partial charge in [0.1, 0.15) is 0 Å². The second-order valence-electron chi connectivity index (χ2n) is 7.11. The Morgan fingerprint density at radius 2 is 1.33 bits per heavy atom. The van der Waals surface area contributed by atoms with E-state index in [1.165, 1.54) is 59.2 Å². The topological polar surface area (TPSA) is 52.6 Å². The Balaban J connectivity index is 3.75. The molecule has 0 aliphatic heterocycles. The average Bonchev–Trinajstić information content (AvgIpc) is 2.69. The molecule has 4 heteroatoms. The number of rotatable bonds is 17. The van der Waals surface area contributed by atoms with Crippen LogP contribution in [0.15, 0.2) is 24.3 Å². The molecule has 0 radical (unpaired) electrons. The van der Waals surface area contributed by atoms with Gasteiger partial charge in [-0.1, -0.05) is 77.0 Å². The Labute approximate surface area is 166 Å². The summed E-state index contributed by atoms with van der Waals surface area (Å²) in [4.78, 5) is 23.4. The van der Waals surface area contributed by atoms with Crippen molar-refractivity contribution >= 4 is 11.9 Å². The number of carbonyl (C=O) groups excluding carboxylic acids is 2. The van der Waals surface area contributed by atoms with E-state index in [1.807, 2.05) is 0 Å². The van der Waals surface area contributed by atoms with Gasteiger partial charge in [0.25, 0.3) is 0 Å². The fourth-order valence-electron chi connectivity index (χ4n) is 3.09. The number of ether oxygens (including phenoxy) is 2. The average molecular weight is 381 g/mol. The van der Waals surface area contributed by atoms with Crippen LogP contribution in [-0.2, 0) is 19.1 Å². The smallest absolute Gasteiger partial charge is 0.334 e. The van der Waals surface area contributed by atoms with E-state index >= 15 is 0 Å². The van der Waals surface area contributed by atoms with E-state index in [9.17, 15) is 9.59 Å². The van der Waals surface area contributed by atoms with Crippen molar-refractivity contribution < 1.29 is 19.1 Å². The third-order valence-corrected chi connectivity index (χ3v) is 4.86. The summed E-state index contributed by atoms with van der Waals surface area (Å²) in [6, 6.07) is 0. The van der Waals surface area contributed by atoms with Gasteiger partial charge in [0, 0.05) is 5.57 Å². The molecule has 156 valence electrons. The lowest BCUT2D eigenvalue weighted by molar-refractivity contribution is -0.147. The van der Waals surface area contributed by atoms with E-state index in [0.717, 1.165) is 32.1 Å². The van der Waals surface area contributed by atoms with Crippen LogP contribution in [0.1, 0.15) is 90.4 Å². The number of esters is 2. The van der Waals surface area contributed by atoms with Crippen LogP contribution in [-0.4, -0.2) is 26.2 Å². The van der Waals surface area contributed by atoms with Crippen LogP contribution in [0.3, 0.4) is 0 Å². The van der Waals surface area contributed by atoms with Gasteiger partial charge in [-0.2, -0.15) is 0 Å². The van der Waals surface area contributed by atoms with E-state index < -0.39 is 17.9 Å². The molecule has 0 aliphatic carbocycles. The summed E-state index contributed by atoms with van der Waals surface area (Å²) in [6.45, 7) is 5.94. The summed E-state index contributed by atoms with van der Waals surface area (Å²) in [7, 11) is 2.62. The molecule has 0 aromatic rings. The fraction of sp³-hybridized carbons (Fsp3) is 0.739. The van der Waals surface area contributed by atoms with Crippen molar-refractivity contribution in [1.29, 1.82) is 0 Å². The van der Waals surface area contributed by atoms with Crippen molar-refractivity contribution in [1.82, 2.24) is 0 Å². The summed E-state index contributed by atoms with van der Waals surface area (Å²) in [5, 5.41) is 0. The van der Waals surface area contributed by atoms with Gasteiger partial charge in [-0.25, -0.2) is 4.79 Å². The molecule has 1 atom stereocenters.